The van der Waals surface area contributed by atoms with E-state index in [-0.39, 0.29) is 34.2 Å². The standard InChI is InChI=1S/C32H37NO4S/c1-19-10-11-31-17-30(19,18-36-16-22-14-20-6-4-5-7-24(20)38-22)28(35-3)29-32(31)12-13-33(2)25(31)15-21-8-9-23(34)27(37-29)26(21)32/h4-9,14,19,25,28-29,34H,10-13,15-18H2,1-3H3/t19?,25-,28?,29+,30+,31-,32?/m1/s1. The lowest BCUT2D eigenvalue weighted by molar-refractivity contribution is -0.264. The van der Waals surface area contributed by atoms with Gasteiger partial charge in [-0.25, -0.2) is 0 Å². The highest BCUT2D eigenvalue weighted by Gasteiger charge is 2.78. The van der Waals surface area contributed by atoms with Gasteiger partial charge in [0.1, 0.15) is 12.2 Å². The number of phenolic OH excluding ortho intramolecular Hbond substituents is 1. The largest absolute Gasteiger partial charge is 0.504 e. The van der Waals surface area contributed by atoms with E-state index in [0.29, 0.717) is 25.2 Å². The molecule has 5 aliphatic rings. The predicted octanol–water partition coefficient (Wildman–Crippen LogP) is 5.90. The molecule has 3 heterocycles. The van der Waals surface area contributed by atoms with Crippen molar-refractivity contribution in [3.63, 3.8) is 0 Å². The van der Waals surface area contributed by atoms with Crippen LogP contribution in [0.2, 0.25) is 0 Å². The van der Waals surface area contributed by atoms with Gasteiger partial charge in [0.25, 0.3) is 0 Å². The monoisotopic (exact) mass is 531 g/mol. The summed E-state index contributed by atoms with van der Waals surface area (Å²) in [5.74, 6) is 1.48. The highest BCUT2D eigenvalue weighted by atomic mass is 32.1. The number of fused-ring (bicyclic) bond motifs is 2. The van der Waals surface area contributed by atoms with Crippen LogP contribution in [0.15, 0.2) is 42.5 Å². The molecule has 3 unspecified atom stereocenters. The lowest BCUT2D eigenvalue weighted by Gasteiger charge is -2.73. The molecule has 1 aromatic heterocycles. The molecule has 3 aromatic rings. The minimum atomic E-state index is -0.135. The first-order valence-electron chi connectivity index (χ1n) is 14.2. The van der Waals surface area contributed by atoms with Crippen LogP contribution in [0.5, 0.6) is 11.5 Å². The lowest BCUT2D eigenvalue weighted by Crippen LogP contribution is -2.78. The van der Waals surface area contributed by atoms with Crippen LogP contribution < -0.4 is 4.74 Å². The molecular weight excluding hydrogens is 494 g/mol. The Hall–Kier alpha value is -2.12. The lowest BCUT2D eigenvalue weighted by atomic mass is 9.35. The molecule has 0 radical (unpaired) electrons. The average Bonchev–Trinajstić information content (AvgIpc) is 3.49. The molecule has 4 bridgehead atoms. The number of nitrogens with zero attached hydrogens (tertiary/aromatic N) is 1. The van der Waals surface area contributed by atoms with Crippen LogP contribution in [0.4, 0.5) is 0 Å². The van der Waals surface area contributed by atoms with E-state index in [2.05, 4.69) is 55.3 Å². The first kappa shape index (κ1) is 23.7. The van der Waals surface area contributed by atoms with Gasteiger partial charge in [-0.1, -0.05) is 31.2 Å². The topological polar surface area (TPSA) is 51.2 Å². The first-order valence-corrected chi connectivity index (χ1v) is 15.1. The second-order valence-electron chi connectivity index (χ2n) is 12.8. The van der Waals surface area contributed by atoms with Crippen molar-refractivity contribution >= 4 is 21.4 Å². The van der Waals surface area contributed by atoms with E-state index in [0.717, 1.165) is 31.6 Å². The van der Waals surface area contributed by atoms with Gasteiger partial charge in [0, 0.05) is 44.5 Å². The van der Waals surface area contributed by atoms with Crippen molar-refractivity contribution in [3.05, 3.63) is 58.5 Å². The highest BCUT2D eigenvalue weighted by molar-refractivity contribution is 7.19. The Labute approximate surface area is 228 Å². The molecule has 7 atom stereocenters. The first-order chi connectivity index (χ1) is 18.4. The highest BCUT2D eigenvalue weighted by Crippen LogP contribution is 2.76. The van der Waals surface area contributed by atoms with E-state index >= 15 is 0 Å². The number of likely N-dealkylation sites (tertiary alicyclic amines) is 1. The van der Waals surface area contributed by atoms with Crippen LogP contribution in [0.1, 0.15) is 48.6 Å². The Morgan fingerprint density at radius 3 is 2.89 bits per heavy atom. The summed E-state index contributed by atoms with van der Waals surface area (Å²) >= 11 is 1.83. The van der Waals surface area contributed by atoms with E-state index in [1.54, 1.807) is 0 Å². The molecule has 1 N–H and O–H groups in total. The summed E-state index contributed by atoms with van der Waals surface area (Å²) < 4.78 is 21.4. The number of aromatic hydroxyl groups is 1. The molecule has 6 heteroatoms. The van der Waals surface area contributed by atoms with Crippen molar-refractivity contribution in [2.75, 3.05) is 27.3 Å². The number of methoxy groups -OCH3 is 1. The number of ether oxygens (including phenoxy) is 3. The molecule has 2 spiro atoms. The molecule has 3 fully saturated rings. The van der Waals surface area contributed by atoms with Gasteiger partial charge >= 0.3 is 0 Å². The van der Waals surface area contributed by atoms with Crippen LogP contribution in [-0.2, 0) is 27.9 Å². The van der Waals surface area contributed by atoms with Crippen molar-refractivity contribution in [2.45, 2.75) is 69.3 Å². The van der Waals surface area contributed by atoms with E-state index in [1.165, 1.54) is 38.9 Å². The zero-order valence-corrected chi connectivity index (χ0v) is 23.4. The third-order valence-corrected chi connectivity index (χ3v) is 12.7. The molecule has 3 aliphatic carbocycles. The van der Waals surface area contributed by atoms with Crippen LogP contribution in [0.25, 0.3) is 10.1 Å². The van der Waals surface area contributed by atoms with Gasteiger partial charge in [0.05, 0.1) is 13.2 Å². The number of hydrogen-bond acceptors (Lipinski definition) is 6. The molecular formula is C32H37NO4S. The Morgan fingerprint density at radius 2 is 2.05 bits per heavy atom. The van der Waals surface area contributed by atoms with Gasteiger partial charge in [-0.05, 0) is 80.8 Å². The van der Waals surface area contributed by atoms with Crippen molar-refractivity contribution in [2.24, 2.45) is 16.7 Å². The van der Waals surface area contributed by atoms with Crippen molar-refractivity contribution in [1.82, 2.24) is 4.90 Å². The molecule has 0 amide bonds. The third-order valence-electron chi connectivity index (χ3n) is 11.6. The summed E-state index contributed by atoms with van der Waals surface area (Å²) in [6.45, 7) is 4.77. The number of hydrogen-bond donors (Lipinski definition) is 1. The molecule has 8 rings (SSSR count). The molecule has 5 nitrogen and oxygen atoms in total. The maximum Gasteiger partial charge on any atom is 0.165 e. The number of rotatable bonds is 5. The quantitative estimate of drug-likeness (QED) is 0.444. The third kappa shape index (κ3) is 2.73. The zero-order chi connectivity index (χ0) is 25.9. The van der Waals surface area contributed by atoms with Crippen molar-refractivity contribution < 1.29 is 19.3 Å². The van der Waals surface area contributed by atoms with Gasteiger partial charge in [0.2, 0.25) is 0 Å². The van der Waals surface area contributed by atoms with E-state index < -0.39 is 0 Å². The summed E-state index contributed by atoms with van der Waals surface area (Å²) in [5.41, 5.74) is 2.53. The summed E-state index contributed by atoms with van der Waals surface area (Å²) in [6, 6.07) is 15.3. The van der Waals surface area contributed by atoms with Gasteiger partial charge in [-0.2, -0.15) is 0 Å². The Morgan fingerprint density at radius 1 is 1.18 bits per heavy atom. The summed E-state index contributed by atoms with van der Waals surface area (Å²) in [5, 5.41) is 12.3. The van der Waals surface area contributed by atoms with Crippen LogP contribution in [0, 0.1) is 16.7 Å². The molecule has 200 valence electrons. The molecule has 2 aliphatic heterocycles. The maximum atomic E-state index is 11.0. The number of thiophene rings is 1. The maximum absolute atomic E-state index is 11.0. The van der Waals surface area contributed by atoms with Gasteiger partial charge in [-0.3, -0.25) is 0 Å². The van der Waals surface area contributed by atoms with Crippen LogP contribution in [-0.4, -0.2) is 55.6 Å². The fourth-order valence-electron chi connectivity index (χ4n) is 9.96. The molecule has 2 aromatic carbocycles. The molecule has 1 saturated heterocycles. The Balaban J connectivity index is 1.22. The summed E-state index contributed by atoms with van der Waals surface area (Å²) in [4.78, 5) is 3.90. The second kappa shape index (κ2) is 7.97. The van der Waals surface area contributed by atoms with Gasteiger partial charge in [0.15, 0.2) is 11.5 Å². The fourth-order valence-corrected chi connectivity index (χ4v) is 11.0. The number of piperidine rings is 1. The predicted molar refractivity (Wildman–Crippen MR) is 149 cm³/mol. The van der Waals surface area contributed by atoms with Crippen molar-refractivity contribution in [3.8, 4) is 11.5 Å². The Bertz CT molecular complexity index is 1400. The molecule has 38 heavy (non-hydrogen) atoms. The average molecular weight is 532 g/mol. The SMILES string of the molecule is COC1[C@@H]2Oc3c(O)ccc4c3C23CCN(C)[C@H](C4)[C@]32CCC(C)[C@@]1(COCc1cc3ccccc3s1)C2. The van der Waals surface area contributed by atoms with E-state index in [1.807, 2.05) is 24.5 Å². The smallest absolute Gasteiger partial charge is 0.165 e. The van der Waals surface area contributed by atoms with Crippen molar-refractivity contribution in [1.29, 1.82) is 0 Å². The Kier molecular flexibility index (Phi) is 4.98. The van der Waals surface area contributed by atoms with Gasteiger partial charge < -0.3 is 24.2 Å². The number of likely N-dealkylation sites (N-methyl/N-ethyl adjacent to an activating group) is 1. The molecule has 2 saturated carbocycles. The van der Waals surface area contributed by atoms with E-state index in [9.17, 15) is 5.11 Å². The summed E-state index contributed by atoms with van der Waals surface area (Å²) in [6.07, 6.45) is 5.37. The van der Waals surface area contributed by atoms with E-state index in [4.69, 9.17) is 14.2 Å². The zero-order valence-electron chi connectivity index (χ0n) is 22.5. The van der Waals surface area contributed by atoms with Crippen LogP contribution in [0.3, 0.4) is 0 Å². The van der Waals surface area contributed by atoms with Crippen LogP contribution >= 0.6 is 11.3 Å². The van der Waals surface area contributed by atoms with Gasteiger partial charge in [-0.15, -0.1) is 11.3 Å². The minimum Gasteiger partial charge on any atom is -0.504 e. The minimum absolute atomic E-state index is 0.0878. The number of phenols is 1. The normalized spacial score (nSPS) is 38.7. The summed E-state index contributed by atoms with van der Waals surface area (Å²) in [7, 11) is 4.19. The number of benzene rings is 2. The second-order valence-corrected chi connectivity index (χ2v) is 14.0. The fraction of sp³-hybridized carbons (Fsp3) is 0.562.